The summed E-state index contributed by atoms with van der Waals surface area (Å²) in [5, 5.41) is 0. The molecule has 1 aromatic carbocycles. The number of nitrogens with two attached hydrogens (primary N) is 1. The van der Waals surface area contributed by atoms with Crippen LogP contribution in [0.5, 0.6) is 0 Å². The van der Waals surface area contributed by atoms with Gasteiger partial charge in [-0.15, -0.1) is 0 Å². The molecule has 0 amide bonds. The van der Waals surface area contributed by atoms with Crippen molar-refractivity contribution in [2.45, 2.75) is 24.3 Å². The Bertz CT molecular complexity index is 759. The van der Waals surface area contributed by atoms with Crippen LogP contribution in [0.1, 0.15) is 12.5 Å². The van der Waals surface area contributed by atoms with Gasteiger partial charge in [0.05, 0.1) is 11.4 Å². The number of rotatable bonds is 2. The Morgan fingerprint density at radius 3 is 2.80 bits per heavy atom. The van der Waals surface area contributed by atoms with Crippen LogP contribution < -0.4 is 10.0 Å². The van der Waals surface area contributed by atoms with Crippen LogP contribution in [0.4, 0.5) is 11.4 Å². The monoisotopic (exact) mass is 289 g/mol. The molecule has 5 nitrogen and oxygen atoms in total. The second-order valence-corrected chi connectivity index (χ2v) is 6.75. The largest absolute Gasteiger partial charge is 0.397 e. The molecule has 2 heterocycles. The summed E-state index contributed by atoms with van der Waals surface area (Å²) >= 11 is 0. The van der Waals surface area contributed by atoms with Gasteiger partial charge in [0.15, 0.2) is 0 Å². The van der Waals surface area contributed by atoms with Crippen LogP contribution in [0.3, 0.4) is 0 Å². The highest BCUT2D eigenvalue weighted by molar-refractivity contribution is 7.92. The quantitative estimate of drug-likeness (QED) is 0.914. The molecule has 0 fully saturated rings. The summed E-state index contributed by atoms with van der Waals surface area (Å²) < 4.78 is 27.0. The first kappa shape index (κ1) is 12.9. The van der Waals surface area contributed by atoms with E-state index in [1.807, 2.05) is 31.2 Å². The highest BCUT2D eigenvalue weighted by Gasteiger charge is 2.35. The van der Waals surface area contributed by atoms with E-state index in [1.165, 1.54) is 22.8 Å². The molecule has 1 aliphatic heterocycles. The van der Waals surface area contributed by atoms with Gasteiger partial charge in [-0.05, 0) is 31.0 Å². The summed E-state index contributed by atoms with van der Waals surface area (Å²) in [7, 11) is -3.63. The number of para-hydroxylation sites is 1. The van der Waals surface area contributed by atoms with Gasteiger partial charge in [-0.1, -0.05) is 18.2 Å². The molecular weight excluding hydrogens is 274 g/mol. The zero-order valence-electron chi connectivity index (χ0n) is 11.0. The Hall–Kier alpha value is -2.08. The molecule has 1 unspecified atom stereocenters. The molecule has 20 heavy (non-hydrogen) atoms. The van der Waals surface area contributed by atoms with Crippen LogP contribution in [-0.4, -0.2) is 19.4 Å². The normalized spacial score (nSPS) is 18.1. The molecular formula is C14H15N3O2S. The van der Waals surface area contributed by atoms with Crippen molar-refractivity contribution in [3.8, 4) is 0 Å². The lowest BCUT2D eigenvalue weighted by molar-refractivity contribution is 0.584. The maximum atomic E-state index is 12.8. The van der Waals surface area contributed by atoms with Crippen LogP contribution in [0.2, 0.25) is 0 Å². The van der Waals surface area contributed by atoms with Gasteiger partial charge < -0.3 is 5.73 Å². The third-order valence-corrected chi connectivity index (χ3v) is 5.33. The minimum Gasteiger partial charge on any atom is -0.397 e. The number of hydrogen-bond donors (Lipinski definition) is 1. The van der Waals surface area contributed by atoms with E-state index >= 15 is 0 Å². The van der Waals surface area contributed by atoms with Crippen LogP contribution in [-0.2, 0) is 16.4 Å². The molecule has 3 rings (SSSR count). The molecule has 0 aliphatic carbocycles. The van der Waals surface area contributed by atoms with Crippen molar-refractivity contribution in [3.63, 3.8) is 0 Å². The van der Waals surface area contributed by atoms with E-state index in [2.05, 4.69) is 4.98 Å². The number of fused-ring (bicyclic) bond motifs is 1. The zero-order chi connectivity index (χ0) is 14.3. The predicted molar refractivity (Wildman–Crippen MR) is 77.9 cm³/mol. The van der Waals surface area contributed by atoms with Crippen LogP contribution in [0.25, 0.3) is 0 Å². The number of pyridine rings is 1. The summed E-state index contributed by atoms with van der Waals surface area (Å²) in [4.78, 5) is 4.00. The van der Waals surface area contributed by atoms with Gasteiger partial charge in [0.25, 0.3) is 10.0 Å². The standard InChI is InChI=1S/C14H15N3O2S/c1-10-6-11-4-2-3-5-14(11)17(10)20(18,19)13-7-12(15)8-16-9-13/h2-5,7-10H,6,15H2,1H3. The molecule has 1 atom stereocenters. The molecule has 0 bridgehead atoms. The lowest BCUT2D eigenvalue weighted by Crippen LogP contribution is -2.35. The second kappa shape index (κ2) is 4.49. The molecule has 1 aliphatic rings. The highest BCUT2D eigenvalue weighted by atomic mass is 32.2. The highest BCUT2D eigenvalue weighted by Crippen LogP contribution is 2.36. The van der Waals surface area contributed by atoms with Gasteiger partial charge in [0.1, 0.15) is 4.90 Å². The van der Waals surface area contributed by atoms with Crippen molar-refractivity contribution in [2.75, 3.05) is 10.0 Å². The summed E-state index contributed by atoms with van der Waals surface area (Å²) in [6, 6.07) is 8.88. The van der Waals surface area contributed by atoms with Crippen LogP contribution >= 0.6 is 0 Å². The Morgan fingerprint density at radius 1 is 1.30 bits per heavy atom. The molecule has 1 aromatic heterocycles. The third-order valence-electron chi connectivity index (χ3n) is 3.44. The van der Waals surface area contributed by atoms with Gasteiger partial charge in [-0.2, -0.15) is 0 Å². The minimum absolute atomic E-state index is 0.112. The van der Waals surface area contributed by atoms with E-state index in [0.717, 1.165) is 11.3 Å². The number of hydrogen-bond acceptors (Lipinski definition) is 4. The Balaban J connectivity index is 2.13. The van der Waals surface area contributed by atoms with Crippen LogP contribution in [0.15, 0.2) is 47.6 Å². The molecule has 0 saturated carbocycles. The molecule has 2 N–H and O–H groups in total. The zero-order valence-corrected chi connectivity index (χ0v) is 11.8. The number of anilines is 2. The van der Waals surface area contributed by atoms with E-state index in [1.54, 1.807) is 0 Å². The van der Waals surface area contributed by atoms with Crippen molar-refractivity contribution < 1.29 is 8.42 Å². The maximum Gasteiger partial charge on any atom is 0.266 e. The summed E-state index contributed by atoms with van der Waals surface area (Å²) in [6.45, 7) is 1.90. The molecule has 0 spiro atoms. The number of benzene rings is 1. The van der Waals surface area contributed by atoms with Gasteiger partial charge in [-0.25, -0.2) is 8.42 Å². The summed E-state index contributed by atoms with van der Waals surface area (Å²) in [6.07, 6.45) is 3.48. The molecule has 6 heteroatoms. The van der Waals surface area contributed by atoms with E-state index in [9.17, 15) is 8.42 Å². The predicted octanol–water partition coefficient (Wildman–Crippen LogP) is 1.80. The topological polar surface area (TPSA) is 76.3 Å². The first-order chi connectivity index (χ1) is 9.50. The van der Waals surface area contributed by atoms with Crippen LogP contribution in [0, 0.1) is 0 Å². The van der Waals surface area contributed by atoms with E-state index < -0.39 is 10.0 Å². The van der Waals surface area contributed by atoms with E-state index in [-0.39, 0.29) is 10.9 Å². The SMILES string of the molecule is CC1Cc2ccccc2N1S(=O)(=O)c1cncc(N)c1. The molecule has 0 saturated heterocycles. The van der Waals surface area contributed by atoms with Gasteiger partial charge in [0.2, 0.25) is 0 Å². The average Bonchev–Trinajstić information content (AvgIpc) is 2.75. The Morgan fingerprint density at radius 2 is 2.05 bits per heavy atom. The lowest BCUT2D eigenvalue weighted by Gasteiger charge is -2.24. The number of nitrogen functional groups attached to an aromatic ring is 1. The Labute approximate surface area is 118 Å². The smallest absolute Gasteiger partial charge is 0.266 e. The fourth-order valence-electron chi connectivity index (χ4n) is 2.59. The van der Waals surface area contributed by atoms with Crippen molar-refractivity contribution in [1.82, 2.24) is 4.98 Å². The van der Waals surface area contributed by atoms with Crippen molar-refractivity contribution in [1.29, 1.82) is 0 Å². The van der Waals surface area contributed by atoms with E-state index in [4.69, 9.17) is 5.73 Å². The minimum atomic E-state index is -3.63. The van der Waals surface area contributed by atoms with Crippen molar-refractivity contribution in [2.24, 2.45) is 0 Å². The fraction of sp³-hybridized carbons (Fsp3) is 0.214. The third kappa shape index (κ3) is 1.92. The molecule has 104 valence electrons. The number of sulfonamides is 1. The van der Waals surface area contributed by atoms with Gasteiger partial charge >= 0.3 is 0 Å². The Kier molecular flexibility index (Phi) is 2.90. The number of aromatic nitrogens is 1. The van der Waals surface area contributed by atoms with Gasteiger partial charge in [-0.3, -0.25) is 9.29 Å². The maximum absolute atomic E-state index is 12.8. The molecule has 2 aromatic rings. The molecule has 0 radical (unpaired) electrons. The average molecular weight is 289 g/mol. The fourth-order valence-corrected chi connectivity index (χ4v) is 4.29. The summed E-state index contributed by atoms with van der Waals surface area (Å²) in [5.41, 5.74) is 7.76. The van der Waals surface area contributed by atoms with Crippen molar-refractivity contribution in [3.05, 3.63) is 48.3 Å². The summed E-state index contributed by atoms with van der Waals surface area (Å²) in [5.74, 6) is 0. The van der Waals surface area contributed by atoms with Crippen molar-refractivity contribution >= 4 is 21.4 Å². The van der Waals surface area contributed by atoms with E-state index in [0.29, 0.717) is 12.1 Å². The number of nitrogens with zero attached hydrogens (tertiary/aromatic N) is 2. The first-order valence-corrected chi connectivity index (χ1v) is 7.77. The lowest BCUT2D eigenvalue weighted by atomic mass is 10.1. The first-order valence-electron chi connectivity index (χ1n) is 6.33. The van der Waals surface area contributed by atoms with Gasteiger partial charge in [0, 0.05) is 18.4 Å². The second-order valence-electron chi connectivity index (χ2n) is 4.94.